The van der Waals surface area contributed by atoms with Crippen LogP contribution in [0.5, 0.6) is 0 Å². The minimum absolute atomic E-state index is 0. The van der Waals surface area contributed by atoms with Crippen LogP contribution in [0.3, 0.4) is 0 Å². The van der Waals surface area contributed by atoms with Crippen LogP contribution in [0.1, 0.15) is 21.4 Å². The van der Waals surface area contributed by atoms with Gasteiger partial charge in [-0.3, -0.25) is 4.99 Å². The highest BCUT2D eigenvalue weighted by atomic mass is 127. The van der Waals surface area contributed by atoms with Gasteiger partial charge in [0.1, 0.15) is 5.82 Å². The maximum atomic E-state index is 4.60. The second-order valence-electron chi connectivity index (χ2n) is 5.89. The van der Waals surface area contributed by atoms with Crippen LogP contribution >= 0.6 is 35.3 Å². The summed E-state index contributed by atoms with van der Waals surface area (Å²) in [6, 6.07) is 8.23. The summed E-state index contributed by atoms with van der Waals surface area (Å²) in [5.41, 5.74) is 3.30. The van der Waals surface area contributed by atoms with Crippen LogP contribution in [0.2, 0.25) is 0 Å². The van der Waals surface area contributed by atoms with Crippen LogP contribution in [-0.4, -0.2) is 34.1 Å². The quantitative estimate of drug-likeness (QED) is 0.331. The van der Waals surface area contributed by atoms with Gasteiger partial charge >= 0.3 is 0 Å². The van der Waals surface area contributed by atoms with E-state index in [-0.39, 0.29) is 24.0 Å². The lowest BCUT2D eigenvalue weighted by atomic mass is 10.3. The first-order valence-electron chi connectivity index (χ1n) is 8.37. The lowest BCUT2D eigenvalue weighted by Crippen LogP contribution is -2.38. The molecule has 2 aromatic heterocycles. The van der Waals surface area contributed by atoms with Gasteiger partial charge in [0.25, 0.3) is 0 Å². The monoisotopic (exact) mass is 484 g/mol. The second kappa shape index (κ2) is 9.31. The van der Waals surface area contributed by atoms with Crippen LogP contribution < -0.4 is 10.6 Å². The molecule has 6 nitrogen and oxygen atoms in total. The minimum atomic E-state index is 0. The number of rotatable bonds is 5. The lowest BCUT2D eigenvalue weighted by Gasteiger charge is -2.13. The summed E-state index contributed by atoms with van der Waals surface area (Å²) in [4.78, 5) is 14.6. The number of thiazole rings is 1. The van der Waals surface area contributed by atoms with Gasteiger partial charge in [-0.2, -0.15) is 0 Å². The number of hydrogen-bond acceptors (Lipinski definition) is 4. The standard InChI is InChI=1S/C18H24N6S.HI/c1-12-17(25-14(3)22-12)11-21-18(19-4)20-9-10-24-13(2)23-15-7-5-6-8-16(15)24;/h5-8H,9-11H2,1-4H3,(H2,19,20,21);1H. The molecule has 3 rings (SSSR count). The van der Waals surface area contributed by atoms with Crippen molar-refractivity contribution in [3.8, 4) is 0 Å². The van der Waals surface area contributed by atoms with E-state index in [0.29, 0.717) is 0 Å². The van der Waals surface area contributed by atoms with Gasteiger partial charge in [-0.05, 0) is 32.9 Å². The van der Waals surface area contributed by atoms with Crippen molar-refractivity contribution in [3.05, 3.63) is 45.7 Å². The number of imidazole rings is 1. The van der Waals surface area contributed by atoms with E-state index in [0.717, 1.165) is 47.6 Å². The topological polar surface area (TPSA) is 67.1 Å². The highest BCUT2D eigenvalue weighted by molar-refractivity contribution is 14.0. The molecule has 0 atom stereocenters. The number of benzene rings is 1. The van der Waals surface area contributed by atoms with Gasteiger partial charge in [-0.25, -0.2) is 9.97 Å². The molecular formula is C18H25IN6S. The molecule has 1 aromatic carbocycles. The largest absolute Gasteiger partial charge is 0.355 e. The highest BCUT2D eigenvalue weighted by Crippen LogP contribution is 2.16. The number of nitrogens with one attached hydrogen (secondary N) is 2. The van der Waals surface area contributed by atoms with E-state index < -0.39 is 0 Å². The van der Waals surface area contributed by atoms with E-state index in [4.69, 9.17) is 0 Å². The first-order chi connectivity index (χ1) is 12.1. The van der Waals surface area contributed by atoms with Crippen LogP contribution in [0.15, 0.2) is 29.3 Å². The molecule has 0 aliphatic heterocycles. The Bertz CT molecular complexity index is 898. The fourth-order valence-electron chi connectivity index (χ4n) is 2.89. The predicted octanol–water partition coefficient (Wildman–Crippen LogP) is 3.40. The van der Waals surface area contributed by atoms with E-state index in [1.807, 2.05) is 39.0 Å². The summed E-state index contributed by atoms with van der Waals surface area (Å²) >= 11 is 1.72. The molecule has 0 aliphatic carbocycles. The Balaban J connectivity index is 0.00000243. The van der Waals surface area contributed by atoms with E-state index in [1.54, 1.807) is 18.4 Å². The minimum Gasteiger partial charge on any atom is -0.355 e. The Morgan fingerprint density at radius 1 is 1.15 bits per heavy atom. The molecule has 26 heavy (non-hydrogen) atoms. The van der Waals surface area contributed by atoms with Gasteiger partial charge in [0, 0.05) is 25.0 Å². The first kappa shape index (κ1) is 20.6. The number of fused-ring (bicyclic) bond motifs is 1. The summed E-state index contributed by atoms with van der Waals surface area (Å²) < 4.78 is 2.23. The van der Waals surface area contributed by atoms with Crippen LogP contribution in [0.25, 0.3) is 11.0 Å². The number of aliphatic imine (C=N–C) groups is 1. The molecule has 0 unspecified atom stereocenters. The first-order valence-corrected chi connectivity index (χ1v) is 9.19. The van der Waals surface area contributed by atoms with E-state index >= 15 is 0 Å². The molecule has 3 aromatic rings. The molecule has 0 fully saturated rings. The van der Waals surface area contributed by atoms with Gasteiger partial charge in [0.2, 0.25) is 0 Å². The molecule has 0 radical (unpaired) electrons. The van der Waals surface area contributed by atoms with Crippen LogP contribution in [-0.2, 0) is 13.1 Å². The average molecular weight is 484 g/mol. The third-order valence-corrected chi connectivity index (χ3v) is 5.19. The summed E-state index contributed by atoms with van der Waals surface area (Å²) in [5.74, 6) is 1.83. The zero-order chi connectivity index (χ0) is 17.8. The van der Waals surface area contributed by atoms with Gasteiger partial charge in [-0.1, -0.05) is 12.1 Å². The van der Waals surface area contributed by atoms with Gasteiger partial charge < -0.3 is 15.2 Å². The van der Waals surface area contributed by atoms with E-state index in [2.05, 4.69) is 36.2 Å². The Morgan fingerprint density at radius 2 is 1.92 bits per heavy atom. The predicted molar refractivity (Wildman–Crippen MR) is 120 cm³/mol. The molecule has 2 N–H and O–H groups in total. The lowest BCUT2D eigenvalue weighted by molar-refractivity contribution is 0.660. The third kappa shape index (κ3) is 4.73. The number of aromatic nitrogens is 3. The van der Waals surface area contributed by atoms with Crippen molar-refractivity contribution >= 4 is 52.3 Å². The molecular weight excluding hydrogens is 459 g/mol. The van der Waals surface area contributed by atoms with Crippen molar-refractivity contribution in [2.45, 2.75) is 33.9 Å². The Labute approximate surface area is 175 Å². The summed E-state index contributed by atoms with van der Waals surface area (Å²) in [6.07, 6.45) is 0. The van der Waals surface area contributed by atoms with Crippen LogP contribution in [0.4, 0.5) is 0 Å². The van der Waals surface area contributed by atoms with E-state index in [9.17, 15) is 0 Å². The van der Waals surface area contributed by atoms with Crippen molar-refractivity contribution in [2.24, 2.45) is 4.99 Å². The summed E-state index contributed by atoms with van der Waals surface area (Å²) in [5, 5.41) is 7.82. The van der Waals surface area contributed by atoms with Crippen LogP contribution in [0, 0.1) is 20.8 Å². The number of halogens is 1. The molecule has 0 aliphatic rings. The molecule has 0 saturated carbocycles. The molecule has 8 heteroatoms. The number of para-hydroxylation sites is 2. The molecule has 2 heterocycles. The number of aryl methyl sites for hydroxylation is 3. The van der Waals surface area contributed by atoms with Crippen molar-refractivity contribution in [3.63, 3.8) is 0 Å². The highest BCUT2D eigenvalue weighted by Gasteiger charge is 2.08. The summed E-state index contributed by atoms with van der Waals surface area (Å²) in [7, 11) is 1.79. The van der Waals surface area contributed by atoms with Gasteiger partial charge in [-0.15, -0.1) is 35.3 Å². The molecule has 0 bridgehead atoms. The zero-order valence-corrected chi connectivity index (χ0v) is 18.7. The second-order valence-corrected chi connectivity index (χ2v) is 7.18. The van der Waals surface area contributed by atoms with Crippen molar-refractivity contribution < 1.29 is 0 Å². The number of hydrogen-bond donors (Lipinski definition) is 2. The molecule has 0 saturated heterocycles. The summed E-state index contributed by atoms with van der Waals surface area (Å²) in [6.45, 7) is 8.48. The molecule has 140 valence electrons. The Kier molecular flexibility index (Phi) is 7.39. The Hall–Kier alpha value is -1.68. The number of nitrogens with zero attached hydrogens (tertiary/aromatic N) is 4. The maximum absolute atomic E-state index is 4.60. The smallest absolute Gasteiger partial charge is 0.191 e. The average Bonchev–Trinajstić information content (AvgIpc) is 3.09. The SMILES string of the molecule is CN=C(NCCn1c(C)nc2ccccc21)NCc1sc(C)nc1C.I. The third-order valence-electron chi connectivity index (χ3n) is 4.11. The van der Waals surface area contributed by atoms with Crippen molar-refractivity contribution in [1.29, 1.82) is 0 Å². The van der Waals surface area contributed by atoms with Crippen molar-refractivity contribution in [2.75, 3.05) is 13.6 Å². The molecule has 0 spiro atoms. The Morgan fingerprint density at radius 3 is 2.62 bits per heavy atom. The van der Waals surface area contributed by atoms with Gasteiger partial charge in [0.15, 0.2) is 5.96 Å². The van der Waals surface area contributed by atoms with E-state index in [1.165, 1.54) is 10.4 Å². The zero-order valence-electron chi connectivity index (χ0n) is 15.5. The fraction of sp³-hybridized carbons (Fsp3) is 0.389. The number of guanidine groups is 1. The fourth-order valence-corrected chi connectivity index (χ4v) is 3.76. The van der Waals surface area contributed by atoms with Gasteiger partial charge in [0.05, 0.1) is 28.3 Å². The maximum Gasteiger partial charge on any atom is 0.191 e. The normalized spacial score (nSPS) is 11.5. The molecule has 0 amide bonds. The van der Waals surface area contributed by atoms with Crippen molar-refractivity contribution in [1.82, 2.24) is 25.2 Å².